The van der Waals surface area contributed by atoms with Gasteiger partial charge in [-0.1, -0.05) is 120 Å². The van der Waals surface area contributed by atoms with E-state index >= 15 is 0 Å². The minimum atomic E-state index is -5.13. The third kappa shape index (κ3) is 26.6. The molecule has 0 aromatic rings. The van der Waals surface area contributed by atoms with Gasteiger partial charge in [0.05, 0.1) is 6.61 Å². The molecule has 6 unspecified atom stereocenters. The second-order valence-corrected chi connectivity index (χ2v) is 16.2. The fraction of sp³-hybridized carbons (Fsp3) is 0.727. The summed E-state index contributed by atoms with van der Waals surface area (Å²) in [4.78, 5) is 35.6. The molecular formula is C44H75O13P. The van der Waals surface area contributed by atoms with Gasteiger partial charge >= 0.3 is 19.8 Å². The average Bonchev–Trinajstić information content (AvgIpc) is 3.20. The van der Waals surface area contributed by atoms with E-state index in [9.17, 15) is 44.6 Å². The lowest BCUT2D eigenvalue weighted by Crippen LogP contribution is -2.64. The summed E-state index contributed by atoms with van der Waals surface area (Å²) >= 11 is 0. The van der Waals surface area contributed by atoms with Gasteiger partial charge in [0.25, 0.3) is 0 Å². The number of hydrogen-bond donors (Lipinski definition) is 6. The number of ether oxygens (including phenoxy) is 2. The minimum absolute atomic E-state index is 0.0168. The molecule has 0 aromatic heterocycles. The molecule has 0 spiro atoms. The Morgan fingerprint density at radius 1 is 0.534 bits per heavy atom. The van der Waals surface area contributed by atoms with Crippen LogP contribution in [0.4, 0.5) is 0 Å². The monoisotopic (exact) mass is 842 g/mol. The van der Waals surface area contributed by atoms with Crippen LogP contribution in [0.1, 0.15) is 149 Å². The van der Waals surface area contributed by atoms with E-state index in [0.29, 0.717) is 19.3 Å². The average molecular weight is 843 g/mol. The fourth-order valence-electron chi connectivity index (χ4n) is 6.04. The summed E-state index contributed by atoms with van der Waals surface area (Å²) in [6.07, 6.45) is 27.2. The number of allylic oxidation sites excluding steroid dienone is 10. The molecule has 334 valence electrons. The van der Waals surface area contributed by atoms with Crippen LogP contribution < -0.4 is 0 Å². The molecule has 1 fully saturated rings. The fourth-order valence-corrected chi connectivity index (χ4v) is 7.01. The Hall–Kier alpha value is -2.45. The summed E-state index contributed by atoms with van der Waals surface area (Å²) in [5.41, 5.74) is 0. The van der Waals surface area contributed by atoms with E-state index < -0.39 is 75.7 Å². The van der Waals surface area contributed by atoms with Crippen LogP contribution in [0.15, 0.2) is 60.8 Å². The quantitative estimate of drug-likeness (QED) is 0.0159. The highest BCUT2D eigenvalue weighted by atomic mass is 31.2. The van der Waals surface area contributed by atoms with Crippen molar-refractivity contribution in [3.63, 3.8) is 0 Å². The molecule has 13 nitrogen and oxygen atoms in total. The number of phosphoric acid groups is 1. The molecule has 1 saturated carbocycles. The van der Waals surface area contributed by atoms with E-state index in [-0.39, 0.29) is 12.8 Å². The zero-order valence-electron chi connectivity index (χ0n) is 35.1. The second kappa shape index (κ2) is 34.3. The van der Waals surface area contributed by atoms with E-state index in [0.717, 1.165) is 64.2 Å². The zero-order chi connectivity index (χ0) is 42.9. The van der Waals surface area contributed by atoms with Crippen molar-refractivity contribution in [1.82, 2.24) is 0 Å². The van der Waals surface area contributed by atoms with Crippen molar-refractivity contribution in [1.29, 1.82) is 0 Å². The van der Waals surface area contributed by atoms with Crippen molar-refractivity contribution in [2.75, 3.05) is 13.2 Å². The summed E-state index contributed by atoms with van der Waals surface area (Å²) in [6, 6.07) is 0. The molecule has 0 aliphatic heterocycles. The second-order valence-electron chi connectivity index (χ2n) is 14.8. The van der Waals surface area contributed by atoms with Crippen LogP contribution in [0.25, 0.3) is 0 Å². The topological polar surface area (TPSA) is 210 Å². The van der Waals surface area contributed by atoms with E-state index in [1.807, 2.05) is 12.2 Å². The van der Waals surface area contributed by atoms with E-state index in [1.54, 1.807) is 0 Å². The standard InChI is InChI=1S/C44H75O13P/c1-3-5-7-9-11-13-15-17-18-19-20-21-23-25-27-29-31-33-38(46)56-36(34-54-37(45)32-30-28-26-24-22-16-14-12-10-8-6-4-2)35-55-58(52,53)57-44-42(50)40(48)39(47)41(49)43(44)51/h11-14,17-18,20-21,25,27,36,39-44,47-51H,3-10,15-16,19,22-24,26,28-35H2,1-2H3,(H,52,53)/b13-11+,14-12+,18-17+,21-20+,27-25+/t36-,39?,40-,41?,42?,43?,44?/m1/s1. The van der Waals surface area contributed by atoms with E-state index in [1.165, 1.54) is 38.5 Å². The van der Waals surface area contributed by atoms with Crippen LogP contribution >= 0.6 is 7.82 Å². The number of rotatable bonds is 34. The third-order valence-electron chi connectivity index (χ3n) is 9.58. The molecule has 0 aromatic carbocycles. The largest absolute Gasteiger partial charge is 0.472 e. The van der Waals surface area contributed by atoms with Crippen molar-refractivity contribution in [3.05, 3.63) is 60.8 Å². The minimum Gasteiger partial charge on any atom is -0.462 e. The van der Waals surface area contributed by atoms with Gasteiger partial charge in [-0.05, 0) is 77.0 Å². The number of phosphoric ester groups is 1. The van der Waals surface area contributed by atoms with Crippen molar-refractivity contribution in [2.45, 2.75) is 191 Å². The lowest BCUT2D eigenvalue weighted by molar-refractivity contribution is -0.220. The molecule has 0 saturated heterocycles. The maximum Gasteiger partial charge on any atom is 0.472 e. The van der Waals surface area contributed by atoms with Crippen LogP contribution in [-0.4, -0.2) is 98.3 Å². The summed E-state index contributed by atoms with van der Waals surface area (Å²) in [5, 5.41) is 50.0. The molecule has 1 aliphatic carbocycles. The summed E-state index contributed by atoms with van der Waals surface area (Å²) in [5.74, 6) is -1.18. The molecule has 0 radical (unpaired) electrons. The van der Waals surface area contributed by atoms with Crippen LogP contribution in [0.3, 0.4) is 0 Å². The molecule has 8 atom stereocenters. The van der Waals surface area contributed by atoms with Gasteiger partial charge in [-0.25, -0.2) is 4.57 Å². The Morgan fingerprint density at radius 3 is 1.48 bits per heavy atom. The van der Waals surface area contributed by atoms with Gasteiger partial charge in [0, 0.05) is 12.8 Å². The number of aliphatic hydroxyl groups is 5. The van der Waals surface area contributed by atoms with Gasteiger partial charge in [0.2, 0.25) is 0 Å². The Morgan fingerprint density at radius 2 is 0.948 bits per heavy atom. The Bertz CT molecular complexity index is 1250. The van der Waals surface area contributed by atoms with Crippen molar-refractivity contribution >= 4 is 19.8 Å². The Labute approximate surface area is 347 Å². The highest BCUT2D eigenvalue weighted by Crippen LogP contribution is 2.47. The Balaban J connectivity index is 2.55. The first-order valence-corrected chi connectivity index (χ1v) is 23.1. The van der Waals surface area contributed by atoms with Crippen molar-refractivity contribution < 1.29 is 63.1 Å². The van der Waals surface area contributed by atoms with Gasteiger partial charge in [0.1, 0.15) is 43.2 Å². The summed E-state index contributed by atoms with van der Waals surface area (Å²) in [6.45, 7) is 3.17. The number of carbonyl (C=O) groups excluding carboxylic acids is 2. The maximum absolute atomic E-state index is 12.8. The molecule has 0 amide bonds. The first kappa shape index (κ1) is 53.6. The number of unbranched alkanes of at least 4 members (excludes halogenated alkanes) is 12. The van der Waals surface area contributed by atoms with Gasteiger partial charge < -0.3 is 39.9 Å². The normalized spacial score (nSPS) is 23.1. The van der Waals surface area contributed by atoms with Crippen LogP contribution in [0.5, 0.6) is 0 Å². The number of esters is 2. The lowest BCUT2D eigenvalue weighted by Gasteiger charge is -2.41. The third-order valence-corrected chi connectivity index (χ3v) is 10.6. The molecule has 1 rings (SSSR count). The van der Waals surface area contributed by atoms with Gasteiger partial charge in [-0.3, -0.25) is 18.6 Å². The molecular weight excluding hydrogens is 767 g/mol. The van der Waals surface area contributed by atoms with Crippen LogP contribution in [0, 0.1) is 0 Å². The molecule has 1 aliphatic rings. The van der Waals surface area contributed by atoms with Gasteiger partial charge in [-0.2, -0.15) is 0 Å². The predicted molar refractivity (Wildman–Crippen MR) is 226 cm³/mol. The first-order valence-electron chi connectivity index (χ1n) is 21.6. The first-order chi connectivity index (χ1) is 27.9. The highest BCUT2D eigenvalue weighted by Gasteiger charge is 2.51. The van der Waals surface area contributed by atoms with E-state index in [4.69, 9.17) is 18.5 Å². The maximum atomic E-state index is 12.8. The van der Waals surface area contributed by atoms with Crippen LogP contribution in [0.2, 0.25) is 0 Å². The number of carbonyl (C=O) groups is 2. The predicted octanol–water partition coefficient (Wildman–Crippen LogP) is 7.77. The molecule has 58 heavy (non-hydrogen) atoms. The van der Waals surface area contributed by atoms with E-state index in [2.05, 4.69) is 62.5 Å². The number of hydrogen-bond acceptors (Lipinski definition) is 12. The smallest absolute Gasteiger partial charge is 0.462 e. The molecule has 0 bridgehead atoms. The highest BCUT2D eigenvalue weighted by molar-refractivity contribution is 7.47. The van der Waals surface area contributed by atoms with Gasteiger partial charge in [0.15, 0.2) is 6.10 Å². The molecule has 6 N–H and O–H groups in total. The molecule has 14 heteroatoms. The van der Waals surface area contributed by atoms with Crippen molar-refractivity contribution in [3.8, 4) is 0 Å². The molecule has 0 heterocycles. The lowest BCUT2D eigenvalue weighted by atomic mass is 9.85. The Kier molecular flexibility index (Phi) is 31.7. The number of aliphatic hydroxyl groups excluding tert-OH is 5. The van der Waals surface area contributed by atoms with Crippen LogP contribution in [-0.2, 0) is 32.7 Å². The van der Waals surface area contributed by atoms with Gasteiger partial charge in [-0.15, -0.1) is 0 Å². The summed E-state index contributed by atoms with van der Waals surface area (Å²) in [7, 11) is -5.13. The van der Waals surface area contributed by atoms with Crippen molar-refractivity contribution in [2.24, 2.45) is 0 Å². The summed E-state index contributed by atoms with van der Waals surface area (Å²) < 4.78 is 33.4. The SMILES string of the molecule is CCCCC/C=C/C/C=C/C/C=C/C/C=C/CCCC(=O)O[C@H](COC(=O)CCCCCCC/C=C/CCCCC)COP(=O)(O)OC1C(O)C(O)C(O)[C@@H](O)C1O. The zero-order valence-corrected chi connectivity index (χ0v) is 36.0.